The van der Waals surface area contributed by atoms with Gasteiger partial charge in [0.15, 0.2) is 11.4 Å². The Morgan fingerprint density at radius 2 is 1.87 bits per heavy atom. The Morgan fingerprint density at radius 3 is 2.61 bits per heavy atom. The van der Waals surface area contributed by atoms with Crippen LogP contribution in [0.4, 0.5) is 0 Å². The predicted octanol–water partition coefficient (Wildman–Crippen LogP) is 3.77. The van der Waals surface area contributed by atoms with Crippen LogP contribution >= 0.6 is 0 Å². The number of carbonyl (C=O) groups excluding carboxylic acids is 1. The standard InChI is InChI=1S/C20H27NO2/c1-18-8-5-14(22)11-13(18)3-4-15-16(18)6-9-19(2)17(15)7-10-20(19,23)12-21/h11,15-17,23H,3-10H2,1-2H3. The van der Waals surface area contributed by atoms with E-state index in [0.29, 0.717) is 36.4 Å². The lowest BCUT2D eigenvalue weighted by Gasteiger charge is -2.58. The molecule has 124 valence electrons. The maximum Gasteiger partial charge on any atom is 0.156 e. The minimum atomic E-state index is -1.14. The van der Waals surface area contributed by atoms with E-state index in [2.05, 4.69) is 19.9 Å². The van der Waals surface area contributed by atoms with E-state index in [1.165, 1.54) is 5.57 Å². The Labute approximate surface area is 138 Å². The third-order valence-electron chi connectivity index (χ3n) is 8.30. The fraction of sp³-hybridized carbons (Fsp3) is 0.800. The molecule has 6 atom stereocenters. The molecule has 0 bridgehead atoms. The second-order valence-corrected chi connectivity index (χ2v) is 8.94. The molecule has 0 aromatic heterocycles. The van der Waals surface area contributed by atoms with Crippen LogP contribution in [0.5, 0.6) is 0 Å². The maximum atomic E-state index is 11.8. The second-order valence-electron chi connectivity index (χ2n) is 8.94. The highest BCUT2D eigenvalue weighted by molar-refractivity contribution is 5.91. The van der Waals surface area contributed by atoms with E-state index in [4.69, 9.17) is 0 Å². The zero-order valence-electron chi connectivity index (χ0n) is 14.3. The molecule has 0 saturated heterocycles. The van der Waals surface area contributed by atoms with Gasteiger partial charge in [0.2, 0.25) is 0 Å². The topological polar surface area (TPSA) is 61.1 Å². The average Bonchev–Trinajstić information content (AvgIpc) is 2.80. The molecule has 0 amide bonds. The number of allylic oxidation sites excluding steroid dienone is 1. The van der Waals surface area contributed by atoms with Crippen LogP contribution in [-0.2, 0) is 4.79 Å². The highest BCUT2D eigenvalue weighted by Gasteiger charge is 2.64. The van der Waals surface area contributed by atoms with Gasteiger partial charge in [0.25, 0.3) is 0 Å². The fourth-order valence-corrected chi connectivity index (χ4v) is 6.76. The number of carbonyl (C=O) groups is 1. The molecule has 0 aliphatic heterocycles. The SMILES string of the molecule is CC12CCC(=O)C=C1CCC1C2CCC2(C)C1CCC2(O)C#N. The number of hydrogen-bond acceptors (Lipinski definition) is 3. The third kappa shape index (κ3) is 1.82. The largest absolute Gasteiger partial charge is 0.375 e. The zero-order chi connectivity index (χ0) is 16.5. The van der Waals surface area contributed by atoms with Crippen molar-refractivity contribution in [3.05, 3.63) is 11.6 Å². The molecular formula is C20H27NO2. The maximum absolute atomic E-state index is 11.8. The number of fused-ring (bicyclic) bond motifs is 5. The lowest BCUT2D eigenvalue weighted by atomic mass is 9.46. The molecule has 0 radical (unpaired) electrons. The second kappa shape index (κ2) is 4.70. The molecule has 23 heavy (non-hydrogen) atoms. The zero-order valence-corrected chi connectivity index (χ0v) is 14.3. The number of rotatable bonds is 0. The van der Waals surface area contributed by atoms with Crippen LogP contribution in [0.15, 0.2) is 11.6 Å². The van der Waals surface area contributed by atoms with E-state index in [0.717, 1.165) is 38.5 Å². The molecule has 4 rings (SSSR count). The first kappa shape index (κ1) is 15.4. The summed E-state index contributed by atoms with van der Waals surface area (Å²) in [6, 6.07) is 2.25. The highest BCUT2D eigenvalue weighted by atomic mass is 16.3. The molecule has 0 spiro atoms. The molecule has 0 aromatic rings. The van der Waals surface area contributed by atoms with Crippen molar-refractivity contribution in [3.8, 4) is 6.07 Å². The first-order valence-electron chi connectivity index (χ1n) is 9.22. The Kier molecular flexibility index (Phi) is 3.14. The number of nitriles is 1. The van der Waals surface area contributed by atoms with Gasteiger partial charge < -0.3 is 5.11 Å². The van der Waals surface area contributed by atoms with Crippen LogP contribution in [-0.4, -0.2) is 16.5 Å². The number of ketones is 1. The van der Waals surface area contributed by atoms with Gasteiger partial charge in [-0.1, -0.05) is 19.4 Å². The first-order valence-corrected chi connectivity index (χ1v) is 9.22. The monoisotopic (exact) mass is 313 g/mol. The number of nitrogens with zero attached hydrogens (tertiary/aromatic N) is 1. The molecule has 4 aliphatic rings. The van der Waals surface area contributed by atoms with Crippen molar-refractivity contribution < 1.29 is 9.90 Å². The third-order valence-corrected chi connectivity index (χ3v) is 8.30. The molecule has 3 fully saturated rings. The van der Waals surface area contributed by atoms with E-state index < -0.39 is 5.60 Å². The Morgan fingerprint density at radius 1 is 1.13 bits per heavy atom. The van der Waals surface area contributed by atoms with Gasteiger partial charge in [-0.15, -0.1) is 0 Å². The Balaban J connectivity index is 1.70. The van der Waals surface area contributed by atoms with E-state index in [-0.39, 0.29) is 10.8 Å². The summed E-state index contributed by atoms with van der Waals surface area (Å²) in [5.74, 6) is 1.99. The minimum absolute atomic E-state index is 0.172. The van der Waals surface area contributed by atoms with Gasteiger partial charge in [-0.2, -0.15) is 5.26 Å². The molecule has 3 heteroatoms. The smallest absolute Gasteiger partial charge is 0.156 e. The van der Waals surface area contributed by atoms with E-state index in [9.17, 15) is 15.2 Å². The van der Waals surface area contributed by atoms with Crippen LogP contribution in [0.2, 0.25) is 0 Å². The Bertz CT molecular complexity index is 632. The minimum Gasteiger partial charge on any atom is -0.375 e. The molecule has 6 unspecified atom stereocenters. The molecule has 4 aliphatic carbocycles. The first-order chi connectivity index (χ1) is 10.8. The van der Waals surface area contributed by atoms with Crippen LogP contribution in [0.3, 0.4) is 0 Å². The summed E-state index contributed by atoms with van der Waals surface area (Å²) in [6.45, 7) is 4.53. The van der Waals surface area contributed by atoms with Crippen LogP contribution < -0.4 is 0 Å². The molecule has 0 aromatic carbocycles. The summed E-state index contributed by atoms with van der Waals surface area (Å²) in [5.41, 5.74) is 0.172. The molecule has 1 N–H and O–H groups in total. The number of hydrogen-bond donors (Lipinski definition) is 1. The van der Waals surface area contributed by atoms with Gasteiger partial charge in [0, 0.05) is 11.8 Å². The summed E-state index contributed by atoms with van der Waals surface area (Å²) >= 11 is 0. The van der Waals surface area contributed by atoms with Gasteiger partial charge in [-0.05, 0) is 74.2 Å². The van der Waals surface area contributed by atoms with Crippen molar-refractivity contribution in [3.63, 3.8) is 0 Å². The van der Waals surface area contributed by atoms with Crippen molar-refractivity contribution in [2.75, 3.05) is 0 Å². The lowest BCUT2D eigenvalue weighted by molar-refractivity contribution is -0.119. The number of aliphatic hydroxyl groups is 1. The van der Waals surface area contributed by atoms with Crippen molar-refractivity contribution in [2.24, 2.45) is 28.6 Å². The van der Waals surface area contributed by atoms with Crippen molar-refractivity contribution in [1.82, 2.24) is 0 Å². The Hall–Kier alpha value is -1.14. The van der Waals surface area contributed by atoms with Gasteiger partial charge in [0.1, 0.15) is 0 Å². The van der Waals surface area contributed by atoms with Gasteiger partial charge in [-0.3, -0.25) is 4.79 Å². The summed E-state index contributed by atoms with van der Waals surface area (Å²) in [5, 5.41) is 20.4. The summed E-state index contributed by atoms with van der Waals surface area (Å²) < 4.78 is 0. The average molecular weight is 313 g/mol. The summed E-state index contributed by atoms with van der Waals surface area (Å²) in [4.78, 5) is 11.8. The van der Waals surface area contributed by atoms with Gasteiger partial charge in [-0.25, -0.2) is 0 Å². The summed E-state index contributed by atoms with van der Waals surface area (Å²) in [7, 11) is 0. The van der Waals surface area contributed by atoms with Crippen molar-refractivity contribution >= 4 is 5.78 Å². The van der Waals surface area contributed by atoms with Crippen LogP contribution in [0.25, 0.3) is 0 Å². The van der Waals surface area contributed by atoms with Crippen molar-refractivity contribution in [2.45, 2.75) is 70.8 Å². The molecular weight excluding hydrogens is 286 g/mol. The molecule has 0 heterocycles. The van der Waals surface area contributed by atoms with Gasteiger partial charge >= 0.3 is 0 Å². The van der Waals surface area contributed by atoms with Crippen LogP contribution in [0, 0.1) is 39.9 Å². The summed E-state index contributed by atoms with van der Waals surface area (Å²) in [6.07, 6.45) is 9.42. The lowest BCUT2D eigenvalue weighted by Crippen LogP contribution is -2.54. The molecule has 3 nitrogen and oxygen atoms in total. The van der Waals surface area contributed by atoms with Crippen molar-refractivity contribution in [1.29, 1.82) is 5.26 Å². The normalized spacial score (nSPS) is 52.0. The highest BCUT2D eigenvalue weighted by Crippen LogP contribution is 2.67. The van der Waals surface area contributed by atoms with Crippen LogP contribution in [0.1, 0.15) is 65.2 Å². The fourth-order valence-electron chi connectivity index (χ4n) is 6.76. The molecule has 3 saturated carbocycles. The van der Waals surface area contributed by atoms with E-state index in [1.54, 1.807) is 0 Å². The van der Waals surface area contributed by atoms with Gasteiger partial charge in [0.05, 0.1) is 6.07 Å². The van der Waals surface area contributed by atoms with E-state index in [1.807, 2.05) is 6.08 Å². The predicted molar refractivity (Wildman–Crippen MR) is 87.3 cm³/mol. The van der Waals surface area contributed by atoms with E-state index >= 15 is 0 Å². The quantitative estimate of drug-likeness (QED) is 0.692.